The fourth-order valence-electron chi connectivity index (χ4n) is 3.56. The van der Waals surface area contributed by atoms with Crippen LogP contribution in [-0.2, 0) is 17.6 Å². The number of likely N-dealkylation sites (tertiary alicyclic amines) is 1. The topological polar surface area (TPSA) is 49.3 Å². The maximum Gasteiger partial charge on any atom is 0.209 e. The van der Waals surface area contributed by atoms with E-state index in [0.29, 0.717) is 11.2 Å². The van der Waals surface area contributed by atoms with Crippen molar-refractivity contribution in [2.75, 3.05) is 27.2 Å². The highest BCUT2D eigenvalue weighted by molar-refractivity contribution is 7.19. The van der Waals surface area contributed by atoms with Crippen LogP contribution >= 0.6 is 22.9 Å². The fourth-order valence-corrected chi connectivity index (χ4v) is 5.09. The Morgan fingerprint density at radius 1 is 1.19 bits per heavy atom. The van der Waals surface area contributed by atoms with Crippen LogP contribution in [0.15, 0.2) is 6.33 Å². The lowest BCUT2D eigenvalue weighted by atomic mass is 9.97. The molecule has 0 unspecified atom stereocenters. The molecule has 0 atom stereocenters. The van der Waals surface area contributed by atoms with Crippen molar-refractivity contribution in [2.24, 2.45) is 0 Å². The average Bonchev–Trinajstić information content (AvgIpc) is 3.10. The lowest BCUT2D eigenvalue weighted by Crippen LogP contribution is -2.41. The molecule has 2 aromatic rings. The van der Waals surface area contributed by atoms with Crippen LogP contribution < -0.4 is 0 Å². The minimum absolute atomic E-state index is 0.620. The van der Waals surface area contributed by atoms with Crippen LogP contribution in [0, 0.1) is 0 Å². The van der Waals surface area contributed by atoms with Crippen LogP contribution in [-0.4, -0.2) is 59.4 Å². The molecule has 2 aromatic heterocycles. The summed E-state index contributed by atoms with van der Waals surface area (Å²) in [6.45, 7) is 5.85. The van der Waals surface area contributed by atoms with E-state index in [9.17, 15) is 4.79 Å². The lowest BCUT2D eigenvalue weighted by Gasteiger charge is -2.33. The Hall–Kier alpha value is -1.24. The standard InChI is InChI=1S/C10H9ClN2S.C8H16N2O.C2H6/c11-9-8-6-3-1-2-4-7(6)14-10(8)13-5-12-9;1-9(2)8-3-5-10(7-11)6-4-8;1-2/h5H,1-4H2;7-8H,3-6H2,1-2H3;1-2H3. The quantitative estimate of drug-likeness (QED) is 0.543. The Morgan fingerprint density at radius 2 is 1.85 bits per heavy atom. The molecule has 0 saturated carbocycles. The predicted molar refractivity (Wildman–Crippen MR) is 115 cm³/mol. The number of aromatic nitrogens is 2. The van der Waals surface area contributed by atoms with Gasteiger partial charge < -0.3 is 9.80 Å². The van der Waals surface area contributed by atoms with E-state index in [-0.39, 0.29) is 0 Å². The van der Waals surface area contributed by atoms with E-state index in [1.807, 2.05) is 18.7 Å². The molecular formula is C20H31ClN4OS. The summed E-state index contributed by atoms with van der Waals surface area (Å²) in [7, 11) is 4.20. The van der Waals surface area contributed by atoms with Gasteiger partial charge in [-0.25, -0.2) is 9.97 Å². The van der Waals surface area contributed by atoms with E-state index in [1.165, 1.54) is 29.7 Å². The number of aryl methyl sites for hydroxylation is 2. The van der Waals surface area contributed by atoms with Crippen molar-refractivity contribution in [3.63, 3.8) is 0 Å². The van der Waals surface area contributed by atoms with Crippen LogP contribution in [0.1, 0.15) is 50.0 Å². The third-order valence-electron chi connectivity index (χ3n) is 5.08. The molecule has 1 saturated heterocycles. The summed E-state index contributed by atoms with van der Waals surface area (Å²) in [6, 6.07) is 0.672. The summed E-state index contributed by atoms with van der Waals surface area (Å²) in [5.41, 5.74) is 1.40. The highest BCUT2D eigenvalue weighted by atomic mass is 35.5. The summed E-state index contributed by atoms with van der Waals surface area (Å²) in [5.74, 6) is 0. The second-order valence-electron chi connectivity index (χ2n) is 6.89. The number of amides is 1. The van der Waals surface area contributed by atoms with Gasteiger partial charge in [-0.1, -0.05) is 25.4 Å². The Balaban J connectivity index is 0.000000183. The van der Waals surface area contributed by atoms with Gasteiger partial charge in [-0.05, 0) is 58.2 Å². The Bertz CT molecular complexity index is 726. The molecule has 1 amide bonds. The van der Waals surface area contributed by atoms with E-state index in [2.05, 4.69) is 29.0 Å². The van der Waals surface area contributed by atoms with E-state index >= 15 is 0 Å². The van der Waals surface area contributed by atoms with Gasteiger partial charge in [0, 0.05) is 24.0 Å². The zero-order valence-electron chi connectivity index (χ0n) is 16.9. The molecule has 1 aliphatic heterocycles. The summed E-state index contributed by atoms with van der Waals surface area (Å²) in [4.78, 5) is 25.3. The van der Waals surface area contributed by atoms with Crippen LogP contribution in [0.3, 0.4) is 0 Å². The molecule has 0 radical (unpaired) electrons. The maximum absolute atomic E-state index is 10.3. The zero-order chi connectivity index (χ0) is 19.8. The number of hydrogen-bond acceptors (Lipinski definition) is 5. The number of carbonyl (C=O) groups excluding carboxylic acids is 1. The molecule has 5 nitrogen and oxygen atoms in total. The summed E-state index contributed by atoms with van der Waals surface area (Å²) >= 11 is 7.87. The van der Waals surface area contributed by atoms with Crippen LogP contribution in [0.4, 0.5) is 0 Å². The normalized spacial score (nSPS) is 16.9. The number of thiophene rings is 1. The number of hydrogen-bond donors (Lipinski definition) is 0. The number of halogens is 1. The average molecular weight is 411 g/mol. The summed E-state index contributed by atoms with van der Waals surface area (Å²) < 4.78 is 0. The van der Waals surface area contributed by atoms with Gasteiger partial charge in [0.25, 0.3) is 0 Å². The Morgan fingerprint density at radius 3 is 2.48 bits per heavy atom. The Labute approximate surface area is 171 Å². The molecular weight excluding hydrogens is 380 g/mol. The molecule has 0 aromatic carbocycles. The van der Waals surface area contributed by atoms with E-state index < -0.39 is 0 Å². The third kappa shape index (κ3) is 5.62. The van der Waals surface area contributed by atoms with Gasteiger partial charge in [-0.15, -0.1) is 11.3 Å². The molecule has 27 heavy (non-hydrogen) atoms. The van der Waals surface area contributed by atoms with Crippen LogP contribution in [0.2, 0.25) is 5.15 Å². The Kier molecular flexibility index (Phi) is 8.93. The first-order chi connectivity index (χ1) is 13.1. The first-order valence-electron chi connectivity index (χ1n) is 9.86. The van der Waals surface area contributed by atoms with Crippen molar-refractivity contribution in [1.82, 2.24) is 19.8 Å². The first-order valence-corrected chi connectivity index (χ1v) is 11.1. The largest absolute Gasteiger partial charge is 0.345 e. The van der Waals surface area contributed by atoms with Crippen molar-refractivity contribution >= 4 is 39.6 Å². The molecule has 0 N–H and O–H groups in total. The number of piperidine rings is 1. The van der Waals surface area contributed by atoms with Gasteiger partial charge in [0.05, 0.1) is 5.39 Å². The van der Waals surface area contributed by atoms with Crippen molar-refractivity contribution in [2.45, 2.75) is 58.4 Å². The minimum atomic E-state index is 0.620. The minimum Gasteiger partial charge on any atom is -0.345 e. The van der Waals surface area contributed by atoms with Crippen molar-refractivity contribution in [1.29, 1.82) is 0 Å². The zero-order valence-corrected chi connectivity index (χ0v) is 18.4. The van der Waals surface area contributed by atoms with Gasteiger partial charge >= 0.3 is 0 Å². The SMILES string of the molecule is CC.CN(C)C1CCN(C=O)CC1.Clc1ncnc2sc3c(c12)CCCC3. The molecule has 0 bridgehead atoms. The number of carbonyl (C=O) groups is 1. The van der Waals surface area contributed by atoms with E-state index in [4.69, 9.17) is 11.6 Å². The van der Waals surface area contributed by atoms with Crippen molar-refractivity contribution in [3.05, 3.63) is 21.9 Å². The second-order valence-corrected chi connectivity index (χ2v) is 8.33. The first kappa shape index (κ1) is 22.1. The van der Waals surface area contributed by atoms with Crippen LogP contribution in [0.25, 0.3) is 10.2 Å². The van der Waals surface area contributed by atoms with Crippen molar-refractivity contribution in [3.8, 4) is 0 Å². The van der Waals surface area contributed by atoms with E-state index in [1.54, 1.807) is 17.7 Å². The van der Waals surface area contributed by atoms with Gasteiger partial charge in [0.2, 0.25) is 6.41 Å². The number of nitrogens with zero attached hydrogens (tertiary/aromatic N) is 4. The maximum atomic E-state index is 10.3. The summed E-state index contributed by atoms with van der Waals surface area (Å²) in [5, 5.41) is 1.73. The monoisotopic (exact) mass is 410 g/mol. The van der Waals surface area contributed by atoms with Gasteiger partial charge in [-0.2, -0.15) is 0 Å². The van der Waals surface area contributed by atoms with Crippen LogP contribution in [0.5, 0.6) is 0 Å². The molecule has 7 heteroatoms. The van der Waals surface area contributed by atoms with Gasteiger partial charge in [0.1, 0.15) is 16.3 Å². The fraction of sp³-hybridized carbons (Fsp3) is 0.650. The second kappa shape index (κ2) is 10.9. The number of rotatable bonds is 2. The molecule has 1 aliphatic carbocycles. The molecule has 4 rings (SSSR count). The molecule has 150 valence electrons. The molecule has 1 fully saturated rings. The summed E-state index contributed by atoms with van der Waals surface area (Å²) in [6.07, 6.45) is 9.63. The molecule has 3 heterocycles. The highest BCUT2D eigenvalue weighted by Gasteiger charge is 2.19. The molecule has 0 spiro atoms. The predicted octanol–water partition coefficient (Wildman–Crippen LogP) is 4.42. The smallest absolute Gasteiger partial charge is 0.209 e. The number of fused-ring (bicyclic) bond motifs is 3. The van der Waals surface area contributed by atoms with E-state index in [0.717, 1.165) is 49.0 Å². The third-order valence-corrected chi connectivity index (χ3v) is 6.57. The van der Waals surface area contributed by atoms with Crippen molar-refractivity contribution < 1.29 is 4.79 Å². The van der Waals surface area contributed by atoms with Gasteiger partial charge in [0.15, 0.2) is 0 Å². The lowest BCUT2D eigenvalue weighted by molar-refractivity contribution is -0.119. The van der Waals surface area contributed by atoms with Gasteiger partial charge in [-0.3, -0.25) is 4.79 Å². The molecule has 2 aliphatic rings. The highest BCUT2D eigenvalue weighted by Crippen LogP contribution is 2.37.